The number of rotatable bonds is 6. The number of nitrogens with zero attached hydrogens (tertiary/aromatic N) is 3. The van der Waals surface area contributed by atoms with Crippen LogP contribution in [0.3, 0.4) is 0 Å². The van der Waals surface area contributed by atoms with Crippen molar-refractivity contribution >= 4 is 75.0 Å². The van der Waals surface area contributed by atoms with Crippen molar-refractivity contribution in [1.82, 2.24) is 15.0 Å². The Hall–Kier alpha value is -7.99. The number of furan rings is 1. The van der Waals surface area contributed by atoms with Gasteiger partial charge in [0.25, 0.3) is 0 Å². The molecule has 9 aromatic carbocycles. The van der Waals surface area contributed by atoms with Gasteiger partial charge in [0.1, 0.15) is 17.0 Å². The topological polar surface area (TPSA) is 51.8 Å². The van der Waals surface area contributed by atoms with Crippen LogP contribution >= 0.6 is 11.3 Å². The van der Waals surface area contributed by atoms with Crippen molar-refractivity contribution in [3.63, 3.8) is 0 Å². The Kier molecular flexibility index (Phi) is 9.35. The largest absolute Gasteiger partial charge is 0.456 e. The van der Waals surface area contributed by atoms with Crippen LogP contribution in [0.4, 0.5) is 0 Å². The highest BCUT2D eigenvalue weighted by molar-refractivity contribution is 7.25. The number of allylic oxidation sites excluding steroid dienone is 4. The minimum absolute atomic E-state index is 0.110. The van der Waals surface area contributed by atoms with Crippen molar-refractivity contribution in [2.45, 2.75) is 44.4 Å². The maximum Gasteiger partial charge on any atom is 0.163 e. The van der Waals surface area contributed by atoms with Crippen LogP contribution in [0.5, 0.6) is 0 Å². The molecule has 2 atom stereocenters. The molecule has 12 aromatic rings. The zero-order chi connectivity index (χ0) is 45.6. The summed E-state index contributed by atoms with van der Waals surface area (Å²) in [4.78, 5) is 16.4. The number of hydrogen-bond donors (Lipinski definition) is 0. The molecule has 0 radical (unpaired) electrons. The first kappa shape index (κ1) is 40.1. The summed E-state index contributed by atoms with van der Waals surface area (Å²) in [6.07, 6.45) is 12.6. The highest BCUT2D eigenvalue weighted by Gasteiger charge is 2.27. The van der Waals surface area contributed by atoms with Gasteiger partial charge in [-0.2, -0.15) is 0 Å². The molecule has 69 heavy (non-hydrogen) atoms. The van der Waals surface area contributed by atoms with Gasteiger partial charge in [-0.3, -0.25) is 0 Å². The summed E-state index contributed by atoms with van der Waals surface area (Å²) < 4.78 is 9.08. The molecule has 3 heterocycles. The van der Waals surface area contributed by atoms with E-state index in [2.05, 4.69) is 201 Å². The normalized spacial score (nSPS) is 15.8. The summed E-state index contributed by atoms with van der Waals surface area (Å²) in [6, 6.07) is 62.4. The maximum absolute atomic E-state index is 6.40. The molecular weight excluding hydrogens is 859 g/mol. The molecule has 3 aromatic heterocycles. The highest BCUT2D eigenvalue weighted by Crippen LogP contribution is 2.42. The number of aryl methyl sites for hydroxylation is 1. The van der Waals surface area contributed by atoms with Crippen molar-refractivity contribution < 1.29 is 4.42 Å². The first-order chi connectivity index (χ1) is 34.0. The van der Waals surface area contributed by atoms with Crippen LogP contribution in [-0.2, 0) is 12.8 Å². The molecule has 0 fully saturated rings. The molecule has 0 bridgehead atoms. The third kappa shape index (κ3) is 6.91. The standard InChI is InChI=1S/C64H45N3OS/c1-38-12-9-22-55-56-35-45(27-29-58(56)68-61(38)55)63-65-62(66-64(67-63)49-33-46(39-13-3-2-4-14-39)32-48(34-49)52-21-10-16-40-15-5-6-18-50(40)52)44-26-28-53-42(30-44)17-11-20-51(53)43-25-24-41-37-60-57(36-47(41)31-43)54-19-7-8-23-59(54)69-60/h2-13,15-25,27,29,31-37,39,44H,14,26,28,30H2,1H3. The molecule has 14 rings (SSSR count). The molecule has 0 amide bonds. The molecule has 2 aliphatic rings. The summed E-state index contributed by atoms with van der Waals surface area (Å²) in [5.41, 5.74) is 13.8. The van der Waals surface area contributed by atoms with Gasteiger partial charge in [-0.15, -0.1) is 11.3 Å². The van der Waals surface area contributed by atoms with Gasteiger partial charge in [-0.05, 0) is 153 Å². The molecule has 4 nitrogen and oxygen atoms in total. The van der Waals surface area contributed by atoms with Gasteiger partial charge in [0.2, 0.25) is 0 Å². The molecule has 0 saturated heterocycles. The second-order valence-corrected chi connectivity index (χ2v) is 20.1. The average Bonchev–Trinajstić information content (AvgIpc) is 3.98. The minimum Gasteiger partial charge on any atom is -0.456 e. The molecule has 0 spiro atoms. The molecule has 5 heteroatoms. The van der Waals surface area contributed by atoms with Crippen LogP contribution in [0.15, 0.2) is 199 Å². The van der Waals surface area contributed by atoms with Gasteiger partial charge in [0.15, 0.2) is 11.6 Å². The molecular formula is C64H45N3OS. The smallest absolute Gasteiger partial charge is 0.163 e. The molecule has 2 aliphatic carbocycles. The van der Waals surface area contributed by atoms with Crippen molar-refractivity contribution in [2.75, 3.05) is 0 Å². The van der Waals surface area contributed by atoms with E-state index >= 15 is 0 Å². The van der Waals surface area contributed by atoms with E-state index in [4.69, 9.17) is 19.4 Å². The number of hydrogen-bond acceptors (Lipinski definition) is 5. The van der Waals surface area contributed by atoms with Gasteiger partial charge in [-0.25, -0.2) is 15.0 Å². The number of thiophene rings is 1. The zero-order valence-corrected chi connectivity index (χ0v) is 38.9. The summed E-state index contributed by atoms with van der Waals surface area (Å²) in [6.45, 7) is 2.10. The lowest BCUT2D eigenvalue weighted by Crippen LogP contribution is -2.17. The molecule has 0 N–H and O–H groups in total. The Bertz CT molecular complexity index is 4130. The van der Waals surface area contributed by atoms with Crippen molar-refractivity contribution in [3.8, 4) is 45.0 Å². The van der Waals surface area contributed by atoms with Crippen LogP contribution in [0.2, 0.25) is 0 Å². The van der Waals surface area contributed by atoms with Gasteiger partial charge in [-0.1, -0.05) is 140 Å². The Morgan fingerprint density at radius 3 is 2.26 bits per heavy atom. The van der Waals surface area contributed by atoms with E-state index < -0.39 is 0 Å². The average molecular weight is 904 g/mol. The van der Waals surface area contributed by atoms with E-state index in [1.54, 1.807) is 0 Å². The summed E-state index contributed by atoms with van der Waals surface area (Å²) in [7, 11) is 0. The van der Waals surface area contributed by atoms with Crippen LogP contribution in [-0.4, -0.2) is 15.0 Å². The quantitative estimate of drug-likeness (QED) is 0.167. The first-order valence-electron chi connectivity index (χ1n) is 24.2. The Morgan fingerprint density at radius 1 is 0.536 bits per heavy atom. The van der Waals surface area contributed by atoms with Crippen molar-refractivity contribution in [3.05, 3.63) is 222 Å². The van der Waals surface area contributed by atoms with Crippen LogP contribution in [0.25, 0.3) is 109 Å². The third-order valence-electron chi connectivity index (χ3n) is 14.8. The SMILES string of the molecule is Cc1cccc2c1oc1ccc(-c3nc(-c4cc(-c5cccc6ccccc56)cc(C5C=CC=CC5)c4)nc(C4CCc5c(cccc5-c5ccc6cc7sc8ccccc8c7cc6c5)C4)n3)cc12. The maximum atomic E-state index is 6.40. The number of benzene rings is 9. The second kappa shape index (κ2) is 16.1. The van der Waals surface area contributed by atoms with Gasteiger partial charge in [0.05, 0.1) is 0 Å². The molecule has 2 unspecified atom stereocenters. The lowest BCUT2D eigenvalue weighted by molar-refractivity contribution is 0.554. The molecule has 0 saturated carbocycles. The van der Waals surface area contributed by atoms with Crippen molar-refractivity contribution in [2.24, 2.45) is 0 Å². The second-order valence-electron chi connectivity index (χ2n) is 19.0. The molecule has 328 valence electrons. The number of fused-ring (bicyclic) bond motifs is 9. The van der Waals surface area contributed by atoms with Gasteiger partial charge in [0, 0.05) is 53.9 Å². The number of aromatic nitrogens is 3. The minimum atomic E-state index is 0.110. The summed E-state index contributed by atoms with van der Waals surface area (Å²) in [5.74, 6) is 2.57. The van der Waals surface area contributed by atoms with Crippen LogP contribution < -0.4 is 0 Å². The van der Waals surface area contributed by atoms with Gasteiger partial charge < -0.3 is 4.42 Å². The Morgan fingerprint density at radius 2 is 1.33 bits per heavy atom. The summed E-state index contributed by atoms with van der Waals surface area (Å²) in [5, 5.41) is 9.84. The predicted molar refractivity (Wildman–Crippen MR) is 288 cm³/mol. The van der Waals surface area contributed by atoms with Crippen LogP contribution in [0, 0.1) is 6.92 Å². The zero-order valence-electron chi connectivity index (χ0n) is 38.1. The summed E-state index contributed by atoms with van der Waals surface area (Å²) >= 11 is 1.88. The fraction of sp³-hybridized carbons (Fsp3) is 0.109. The number of para-hydroxylation sites is 1. The van der Waals surface area contributed by atoms with Gasteiger partial charge >= 0.3 is 0 Å². The Labute approximate surface area is 404 Å². The van der Waals surface area contributed by atoms with Crippen molar-refractivity contribution in [1.29, 1.82) is 0 Å². The van der Waals surface area contributed by atoms with E-state index in [9.17, 15) is 0 Å². The monoisotopic (exact) mass is 903 g/mol. The van der Waals surface area contributed by atoms with E-state index in [-0.39, 0.29) is 11.8 Å². The van der Waals surface area contributed by atoms with Crippen LogP contribution in [0.1, 0.15) is 52.8 Å². The van der Waals surface area contributed by atoms with E-state index in [1.165, 1.54) is 75.1 Å². The molecule has 0 aliphatic heterocycles. The lowest BCUT2D eigenvalue weighted by atomic mass is 9.80. The highest BCUT2D eigenvalue weighted by atomic mass is 32.1. The predicted octanol–water partition coefficient (Wildman–Crippen LogP) is 17.3. The first-order valence-corrected chi connectivity index (χ1v) is 25.0. The van der Waals surface area contributed by atoms with E-state index in [0.29, 0.717) is 11.6 Å². The Balaban J connectivity index is 0.898. The van der Waals surface area contributed by atoms with E-state index in [0.717, 1.165) is 75.7 Å². The van der Waals surface area contributed by atoms with E-state index in [1.807, 2.05) is 11.3 Å². The lowest BCUT2D eigenvalue weighted by Gasteiger charge is -2.26. The fourth-order valence-electron chi connectivity index (χ4n) is 11.3. The third-order valence-corrected chi connectivity index (χ3v) is 16.0. The fourth-order valence-corrected chi connectivity index (χ4v) is 12.4.